The molecule has 0 amide bonds. The standard InChI is InChI=1S/C26H35NO4S/c1-21-10-12-25(13-11-21)32(29,30)27-24(19-28)14-17-26(27)16-6-5-9-23(26)15-18-31-20-22-7-3-2-4-8-22/h2-4,7-8,10-13,23-24,28H,5-6,9,14-20H2,1H3/t23-,24-,26-/m0/s1. The van der Waals surface area contributed by atoms with Crippen LogP contribution in [0.5, 0.6) is 0 Å². The molecule has 174 valence electrons. The molecule has 4 rings (SSSR count). The van der Waals surface area contributed by atoms with Crippen molar-refractivity contribution < 1.29 is 18.3 Å². The second-order valence-corrected chi connectivity index (χ2v) is 11.2. The molecule has 2 fully saturated rings. The van der Waals surface area contributed by atoms with Gasteiger partial charge in [0.1, 0.15) is 0 Å². The summed E-state index contributed by atoms with van der Waals surface area (Å²) in [4.78, 5) is 0.326. The molecular formula is C26H35NO4S. The molecule has 2 aliphatic rings. The van der Waals surface area contributed by atoms with E-state index >= 15 is 0 Å². The van der Waals surface area contributed by atoms with E-state index in [1.165, 1.54) is 0 Å². The number of hydrogen-bond donors (Lipinski definition) is 1. The highest BCUT2D eigenvalue weighted by molar-refractivity contribution is 7.89. The van der Waals surface area contributed by atoms with Gasteiger partial charge in [0.25, 0.3) is 0 Å². The summed E-state index contributed by atoms with van der Waals surface area (Å²) in [6.07, 6.45) is 6.37. The van der Waals surface area contributed by atoms with Crippen LogP contribution >= 0.6 is 0 Å². The second-order valence-electron chi connectivity index (χ2n) is 9.36. The van der Waals surface area contributed by atoms with E-state index in [9.17, 15) is 13.5 Å². The highest BCUT2D eigenvalue weighted by atomic mass is 32.2. The summed E-state index contributed by atoms with van der Waals surface area (Å²) < 4.78 is 35.4. The number of ether oxygens (including phenoxy) is 1. The lowest BCUT2D eigenvalue weighted by atomic mass is 9.70. The Morgan fingerprint density at radius 2 is 1.78 bits per heavy atom. The Balaban J connectivity index is 1.55. The lowest BCUT2D eigenvalue weighted by Crippen LogP contribution is -2.57. The Morgan fingerprint density at radius 1 is 1.03 bits per heavy atom. The minimum Gasteiger partial charge on any atom is -0.395 e. The molecule has 2 aromatic carbocycles. The number of aryl methyl sites for hydroxylation is 1. The summed E-state index contributed by atoms with van der Waals surface area (Å²) in [5, 5.41) is 10.1. The summed E-state index contributed by atoms with van der Waals surface area (Å²) >= 11 is 0. The van der Waals surface area contributed by atoms with Crippen molar-refractivity contribution in [3.05, 3.63) is 65.7 Å². The smallest absolute Gasteiger partial charge is 0.243 e. The average molecular weight is 458 g/mol. The van der Waals surface area contributed by atoms with Crippen molar-refractivity contribution in [2.24, 2.45) is 5.92 Å². The summed E-state index contributed by atoms with van der Waals surface area (Å²) in [5.74, 6) is 0.240. The van der Waals surface area contributed by atoms with E-state index in [0.29, 0.717) is 24.5 Å². The fourth-order valence-corrected chi connectivity index (χ4v) is 7.83. The summed E-state index contributed by atoms with van der Waals surface area (Å²) in [6.45, 7) is 3.01. The van der Waals surface area contributed by atoms with E-state index in [-0.39, 0.29) is 18.6 Å². The van der Waals surface area contributed by atoms with Crippen LogP contribution in [0.3, 0.4) is 0 Å². The molecule has 0 radical (unpaired) electrons. The molecule has 3 atom stereocenters. The van der Waals surface area contributed by atoms with Crippen LogP contribution in [0.4, 0.5) is 0 Å². The maximum Gasteiger partial charge on any atom is 0.243 e. The largest absolute Gasteiger partial charge is 0.395 e. The van der Waals surface area contributed by atoms with E-state index in [4.69, 9.17) is 4.74 Å². The van der Waals surface area contributed by atoms with Crippen molar-refractivity contribution >= 4 is 10.0 Å². The predicted molar refractivity (Wildman–Crippen MR) is 126 cm³/mol. The van der Waals surface area contributed by atoms with Crippen LogP contribution in [-0.2, 0) is 21.4 Å². The van der Waals surface area contributed by atoms with Crippen LogP contribution < -0.4 is 0 Å². The summed E-state index contributed by atoms with van der Waals surface area (Å²) in [7, 11) is -3.70. The van der Waals surface area contributed by atoms with Gasteiger partial charge in [-0.15, -0.1) is 0 Å². The maximum atomic E-state index is 13.8. The molecule has 2 aromatic rings. The molecule has 1 saturated carbocycles. The third-order valence-corrected chi connectivity index (χ3v) is 9.41. The van der Waals surface area contributed by atoms with Gasteiger partial charge in [0, 0.05) is 18.2 Å². The third-order valence-electron chi connectivity index (χ3n) is 7.36. The van der Waals surface area contributed by atoms with E-state index in [1.807, 2.05) is 37.3 Å². The number of hydrogen-bond acceptors (Lipinski definition) is 4. The van der Waals surface area contributed by atoms with Gasteiger partial charge >= 0.3 is 0 Å². The first kappa shape index (κ1) is 23.4. The molecule has 1 aliphatic carbocycles. The highest BCUT2D eigenvalue weighted by Gasteiger charge is 2.56. The fourth-order valence-electron chi connectivity index (χ4n) is 5.75. The van der Waals surface area contributed by atoms with E-state index in [2.05, 4.69) is 12.1 Å². The van der Waals surface area contributed by atoms with Crippen LogP contribution in [0.15, 0.2) is 59.5 Å². The average Bonchev–Trinajstić information content (AvgIpc) is 3.18. The summed E-state index contributed by atoms with van der Waals surface area (Å²) in [6, 6.07) is 16.9. The van der Waals surface area contributed by atoms with Crippen LogP contribution in [-0.4, -0.2) is 42.6 Å². The van der Waals surface area contributed by atoms with E-state index < -0.39 is 15.6 Å². The predicted octanol–water partition coefficient (Wildman–Crippen LogP) is 4.68. The van der Waals surface area contributed by atoms with Gasteiger partial charge in [0.2, 0.25) is 10.0 Å². The summed E-state index contributed by atoms with van der Waals surface area (Å²) in [5.41, 5.74) is 1.76. The molecule has 1 spiro atoms. The Morgan fingerprint density at radius 3 is 2.50 bits per heavy atom. The zero-order chi connectivity index (χ0) is 22.6. The van der Waals surface area contributed by atoms with Crippen LogP contribution in [0.1, 0.15) is 56.1 Å². The van der Waals surface area contributed by atoms with Gasteiger partial charge in [-0.1, -0.05) is 60.9 Å². The first-order chi connectivity index (χ1) is 15.5. The number of rotatable bonds is 8. The number of sulfonamides is 1. The van der Waals surface area contributed by atoms with Crippen molar-refractivity contribution in [1.82, 2.24) is 4.31 Å². The molecule has 1 N–H and O–H groups in total. The second kappa shape index (κ2) is 10.0. The molecule has 32 heavy (non-hydrogen) atoms. The van der Waals surface area contributed by atoms with E-state index in [0.717, 1.165) is 49.7 Å². The fraction of sp³-hybridized carbons (Fsp3) is 0.538. The minimum absolute atomic E-state index is 0.135. The molecule has 5 nitrogen and oxygen atoms in total. The van der Waals surface area contributed by atoms with Crippen molar-refractivity contribution in [3.63, 3.8) is 0 Å². The maximum absolute atomic E-state index is 13.8. The first-order valence-electron chi connectivity index (χ1n) is 11.8. The van der Waals surface area contributed by atoms with Crippen molar-refractivity contribution in [3.8, 4) is 0 Å². The van der Waals surface area contributed by atoms with E-state index in [1.54, 1.807) is 16.4 Å². The Kier molecular flexibility index (Phi) is 7.35. The van der Waals surface area contributed by atoms with Crippen molar-refractivity contribution in [1.29, 1.82) is 0 Å². The van der Waals surface area contributed by atoms with Crippen molar-refractivity contribution in [2.45, 2.75) is 75.0 Å². The lowest BCUT2D eigenvalue weighted by molar-refractivity contribution is 0.0320. The number of benzene rings is 2. The molecule has 0 aromatic heterocycles. The molecule has 1 saturated heterocycles. The van der Waals surface area contributed by atoms with Crippen LogP contribution in [0.25, 0.3) is 0 Å². The van der Waals surface area contributed by atoms with Gasteiger partial charge in [-0.05, 0) is 62.6 Å². The Labute approximate surface area is 192 Å². The van der Waals surface area contributed by atoms with Crippen LogP contribution in [0, 0.1) is 12.8 Å². The quantitative estimate of drug-likeness (QED) is 0.585. The highest BCUT2D eigenvalue weighted by Crippen LogP contribution is 2.51. The van der Waals surface area contributed by atoms with Gasteiger partial charge in [-0.25, -0.2) is 8.42 Å². The van der Waals surface area contributed by atoms with Gasteiger partial charge < -0.3 is 9.84 Å². The zero-order valence-electron chi connectivity index (χ0n) is 18.9. The normalized spacial score (nSPS) is 26.6. The van der Waals surface area contributed by atoms with Gasteiger partial charge in [-0.3, -0.25) is 0 Å². The molecular weight excluding hydrogens is 422 g/mol. The number of aliphatic hydroxyl groups is 1. The zero-order valence-corrected chi connectivity index (χ0v) is 19.8. The Bertz CT molecular complexity index is 977. The number of aliphatic hydroxyl groups excluding tert-OH is 1. The monoisotopic (exact) mass is 457 g/mol. The Hall–Kier alpha value is -1.73. The number of nitrogens with zero attached hydrogens (tertiary/aromatic N) is 1. The SMILES string of the molecule is Cc1ccc(S(=O)(=O)N2[C@H](CO)CC[C@]23CCCC[C@H]3CCOCc2ccccc2)cc1. The van der Waals surface area contributed by atoms with Crippen LogP contribution in [0.2, 0.25) is 0 Å². The topological polar surface area (TPSA) is 66.8 Å². The van der Waals surface area contributed by atoms with Gasteiger partial charge in [0.15, 0.2) is 0 Å². The van der Waals surface area contributed by atoms with Crippen molar-refractivity contribution in [2.75, 3.05) is 13.2 Å². The molecule has 0 bridgehead atoms. The van der Waals surface area contributed by atoms with Gasteiger partial charge in [0.05, 0.1) is 18.1 Å². The molecule has 1 heterocycles. The first-order valence-corrected chi connectivity index (χ1v) is 13.2. The third kappa shape index (κ3) is 4.65. The minimum atomic E-state index is -3.70. The molecule has 0 unspecified atom stereocenters. The molecule has 1 aliphatic heterocycles. The van der Waals surface area contributed by atoms with Gasteiger partial charge in [-0.2, -0.15) is 4.31 Å². The molecule has 6 heteroatoms. The lowest BCUT2D eigenvalue weighted by Gasteiger charge is -2.48.